The Balaban J connectivity index is 1.55. The summed E-state index contributed by atoms with van der Waals surface area (Å²) in [6.07, 6.45) is 4.68. The highest BCUT2D eigenvalue weighted by atomic mass is 16.2. The first-order valence-electron chi connectivity index (χ1n) is 6.57. The third-order valence-corrected chi connectivity index (χ3v) is 4.01. The summed E-state index contributed by atoms with van der Waals surface area (Å²) in [5.41, 5.74) is 0. The summed E-state index contributed by atoms with van der Waals surface area (Å²) in [6.45, 7) is 1.56. The first-order chi connectivity index (χ1) is 8.22. The van der Waals surface area contributed by atoms with Crippen molar-refractivity contribution in [2.24, 2.45) is 5.92 Å². The number of hydrogen-bond donors (Lipinski definition) is 2. The summed E-state index contributed by atoms with van der Waals surface area (Å²) in [5.74, 6) is 0.619. The molecule has 5 heteroatoms. The summed E-state index contributed by atoms with van der Waals surface area (Å²) in [4.78, 5) is 25.1. The zero-order valence-corrected chi connectivity index (χ0v) is 9.95. The number of carbonyl (C=O) groups is 2. The van der Waals surface area contributed by atoms with Gasteiger partial charge in [0.1, 0.15) is 0 Å². The molecule has 2 unspecified atom stereocenters. The monoisotopic (exact) mass is 237 g/mol. The number of likely N-dealkylation sites (tertiary alicyclic amines) is 1. The Morgan fingerprint density at radius 2 is 2.12 bits per heavy atom. The number of piperidine rings is 2. The Labute approximate surface area is 101 Å². The standard InChI is InChI=1S/C12H19N3O2/c16-11-4-1-8-7-15(6-5-10(8)14-11)12(17)13-9-2-3-9/h8-10H,1-7H2,(H,13,17)(H,14,16). The Morgan fingerprint density at radius 3 is 2.88 bits per heavy atom. The first kappa shape index (κ1) is 10.9. The molecule has 0 radical (unpaired) electrons. The van der Waals surface area contributed by atoms with E-state index in [1.54, 1.807) is 0 Å². The molecular weight excluding hydrogens is 218 g/mol. The third-order valence-electron chi connectivity index (χ3n) is 4.01. The second-order valence-electron chi connectivity index (χ2n) is 5.43. The maximum absolute atomic E-state index is 11.9. The van der Waals surface area contributed by atoms with Gasteiger partial charge < -0.3 is 15.5 Å². The fourth-order valence-corrected chi connectivity index (χ4v) is 2.79. The van der Waals surface area contributed by atoms with Crippen LogP contribution in [0.1, 0.15) is 32.1 Å². The number of carbonyl (C=O) groups excluding carboxylic acids is 2. The predicted molar refractivity (Wildman–Crippen MR) is 62.4 cm³/mol. The first-order valence-corrected chi connectivity index (χ1v) is 6.57. The molecule has 1 saturated carbocycles. The lowest BCUT2D eigenvalue weighted by Crippen LogP contribution is -2.56. The number of nitrogens with zero attached hydrogens (tertiary/aromatic N) is 1. The minimum atomic E-state index is 0.0860. The number of fused-ring (bicyclic) bond motifs is 1. The maximum Gasteiger partial charge on any atom is 0.317 e. The van der Waals surface area contributed by atoms with Crippen LogP contribution in [0.3, 0.4) is 0 Å². The second kappa shape index (κ2) is 4.20. The van der Waals surface area contributed by atoms with Crippen LogP contribution in [-0.4, -0.2) is 42.0 Å². The highest BCUT2D eigenvalue weighted by molar-refractivity contribution is 5.78. The Kier molecular flexibility index (Phi) is 2.68. The summed E-state index contributed by atoms with van der Waals surface area (Å²) < 4.78 is 0. The van der Waals surface area contributed by atoms with Crippen LogP contribution in [0.2, 0.25) is 0 Å². The zero-order chi connectivity index (χ0) is 11.8. The Hall–Kier alpha value is -1.26. The summed E-state index contributed by atoms with van der Waals surface area (Å²) in [6, 6.07) is 0.801. The molecule has 0 bridgehead atoms. The van der Waals surface area contributed by atoms with E-state index in [0.717, 1.165) is 38.8 Å². The van der Waals surface area contributed by atoms with Gasteiger partial charge in [0, 0.05) is 31.6 Å². The second-order valence-corrected chi connectivity index (χ2v) is 5.43. The van der Waals surface area contributed by atoms with E-state index in [1.807, 2.05) is 4.90 Å². The van der Waals surface area contributed by atoms with Gasteiger partial charge in [-0.3, -0.25) is 4.79 Å². The normalized spacial score (nSPS) is 32.7. The van der Waals surface area contributed by atoms with Gasteiger partial charge in [-0.1, -0.05) is 0 Å². The summed E-state index contributed by atoms with van der Waals surface area (Å²) >= 11 is 0. The van der Waals surface area contributed by atoms with Crippen molar-refractivity contribution in [3.63, 3.8) is 0 Å². The SMILES string of the molecule is O=C1CCC2CN(C(=O)NC3CC3)CCC2N1. The van der Waals surface area contributed by atoms with Crippen molar-refractivity contribution in [2.45, 2.75) is 44.2 Å². The Morgan fingerprint density at radius 1 is 1.29 bits per heavy atom. The van der Waals surface area contributed by atoms with E-state index in [0.29, 0.717) is 24.4 Å². The predicted octanol–water partition coefficient (Wildman–Crippen LogP) is 0.459. The van der Waals surface area contributed by atoms with E-state index < -0.39 is 0 Å². The molecule has 2 N–H and O–H groups in total. The van der Waals surface area contributed by atoms with Gasteiger partial charge in [-0.25, -0.2) is 4.79 Å². The minimum Gasteiger partial charge on any atom is -0.353 e. The quantitative estimate of drug-likeness (QED) is 0.696. The van der Waals surface area contributed by atoms with Crippen molar-refractivity contribution < 1.29 is 9.59 Å². The van der Waals surface area contributed by atoms with Gasteiger partial charge in [-0.15, -0.1) is 0 Å². The van der Waals surface area contributed by atoms with Crippen molar-refractivity contribution in [1.29, 1.82) is 0 Å². The van der Waals surface area contributed by atoms with Crippen molar-refractivity contribution in [3.8, 4) is 0 Å². The van der Waals surface area contributed by atoms with E-state index in [4.69, 9.17) is 0 Å². The van der Waals surface area contributed by atoms with Crippen molar-refractivity contribution in [1.82, 2.24) is 15.5 Å². The molecule has 2 saturated heterocycles. The molecule has 2 aliphatic heterocycles. The minimum absolute atomic E-state index is 0.0860. The molecule has 2 heterocycles. The van der Waals surface area contributed by atoms with Gasteiger partial charge in [-0.2, -0.15) is 0 Å². The molecule has 3 rings (SSSR count). The highest BCUT2D eigenvalue weighted by Gasteiger charge is 2.36. The maximum atomic E-state index is 11.9. The van der Waals surface area contributed by atoms with Crippen molar-refractivity contribution in [2.75, 3.05) is 13.1 Å². The lowest BCUT2D eigenvalue weighted by atomic mass is 9.85. The van der Waals surface area contributed by atoms with Gasteiger partial charge in [0.15, 0.2) is 0 Å². The van der Waals surface area contributed by atoms with E-state index in [1.165, 1.54) is 0 Å². The number of amides is 3. The number of rotatable bonds is 1. The van der Waals surface area contributed by atoms with Crippen LogP contribution in [0.15, 0.2) is 0 Å². The van der Waals surface area contributed by atoms with Gasteiger partial charge >= 0.3 is 6.03 Å². The average molecular weight is 237 g/mol. The van der Waals surface area contributed by atoms with Crippen LogP contribution >= 0.6 is 0 Å². The molecule has 3 aliphatic rings. The lowest BCUT2D eigenvalue weighted by Gasteiger charge is -2.41. The fourth-order valence-electron chi connectivity index (χ4n) is 2.79. The van der Waals surface area contributed by atoms with Crippen LogP contribution < -0.4 is 10.6 Å². The number of urea groups is 1. The largest absolute Gasteiger partial charge is 0.353 e. The molecule has 0 aromatic rings. The molecule has 1 aliphatic carbocycles. The van der Waals surface area contributed by atoms with Gasteiger partial charge in [-0.05, 0) is 31.6 Å². The summed E-state index contributed by atoms with van der Waals surface area (Å²) in [5, 5.41) is 6.06. The molecule has 3 amide bonds. The lowest BCUT2D eigenvalue weighted by molar-refractivity contribution is -0.125. The number of hydrogen-bond acceptors (Lipinski definition) is 2. The molecule has 17 heavy (non-hydrogen) atoms. The van der Waals surface area contributed by atoms with Gasteiger partial charge in [0.25, 0.3) is 0 Å². The molecule has 0 aromatic carbocycles. The Bertz CT molecular complexity index is 341. The fraction of sp³-hybridized carbons (Fsp3) is 0.833. The topological polar surface area (TPSA) is 61.4 Å². The van der Waals surface area contributed by atoms with E-state index in [-0.39, 0.29) is 11.9 Å². The van der Waals surface area contributed by atoms with Crippen LogP contribution in [0, 0.1) is 5.92 Å². The van der Waals surface area contributed by atoms with E-state index in [2.05, 4.69) is 10.6 Å². The third kappa shape index (κ3) is 2.37. The molecule has 0 aromatic heterocycles. The van der Waals surface area contributed by atoms with E-state index >= 15 is 0 Å². The van der Waals surface area contributed by atoms with Gasteiger partial charge in [0.2, 0.25) is 5.91 Å². The van der Waals surface area contributed by atoms with Crippen LogP contribution in [-0.2, 0) is 4.79 Å². The molecule has 3 fully saturated rings. The molecule has 94 valence electrons. The molecule has 0 spiro atoms. The van der Waals surface area contributed by atoms with Crippen LogP contribution in [0.4, 0.5) is 4.79 Å². The highest BCUT2D eigenvalue weighted by Crippen LogP contribution is 2.26. The van der Waals surface area contributed by atoms with Crippen LogP contribution in [0.5, 0.6) is 0 Å². The van der Waals surface area contributed by atoms with E-state index in [9.17, 15) is 9.59 Å². The smallest absolute Gasteiger partial charge is 0.317 e. The number of nitrogens with one attached hydrogen (secondary N) is 2. The molecular formula is C12H19N3O2. The van der Waals surface area contributed by atoms with Gasteiger partial charge in [0.05, 0.1) is 0 Å². The molecule has 2 atom stereocenters. The molecule has 5 nitrogen and oxygen atoms in total. The van der Waals surface area contributed by atoms with Crippen LogP contribution in [0.25, 0.3) is 0 Å². The average Bonchev–Trinajstić information content (AvgIpc) is 3.12. The zero-order valence-electron chi connectivity index (χ0n) is 9.95. The summed E-state index contributed by atoms with van der Waals surface area (Å²) in [7, 11) is 0. The van der Waals surface area contributed by atoms with Crippen molar-refractivity contribution in [3.05, 3.63) is 0 Å². The van der Waals surface area contributed by atoms with Crippen molar-refractivity contribution >= 4 is 11.9 Å².